The van der Waals surface area contributed by atoms with E-state index in [4.69, 9.17) is 11.6 Å². The Hall–Kier alpha value is -0.330. The van der Waals surface area contributed by atoms with Crippen molar-refractivity contribution in [2.45, 2.75) is 18.9 Å². The fraction of sp³-hybridized carbons (Fsp3) is 0.583. The summed E-state index contributed by atoms with van der Waals surface area (Å²) >= 11 is 7.33. The van der Waals surface area contributed by atoms with E-state index in [1.807, 2.05) is 12.1 Å². The molecule has 1 fully saturated rings. The molecule has 0 aromatic carbocycles. The lowest BCUT2D eigenvalue weighted by Gasteiger charge is -2.13. The number of aliphatic hydroxyl groups excluding tert-OH is 1. The summed E-state index contributed by atoms with van der Waals surface area (Å²) in [5, 5.41) is 15.5. The minimum atomic E-state index is -0.346. The number of hydrogen-bond donors (Lipinski definition) is 3. The molecule has 1 aliphatic heterocycles. The van der Waals surface area contributed by atoms with Crippen LogP contribution in [0.1, 0.15) is 11.3 Å². The summed E-state index contributed by atoms with van der Waals surface area (Å²) < 4.78 is 0.755. The lowest BCUT2D eigenvalue weighted by molar-refractivity contribution is -0.121. The Morgan fingerprint density at radius 2 is 2.32 bits per heavy atom. The molecule has 2 heterocycles. The normalized spacial score (nSPS) is 22.0. The van der Waals surface area contributed by atoms with E-state index in [0.29, 0.717) is 25.9 Å². The molecule has 2 rings (SSSR count). The molecule has 1 aliphatic rings. The zero-order chi connectivity index (χ0) is 13.0. The van der Waals surface area contributed by atoms with Gasteiger partial charge in [-0.2, -0.15) is 0 Å². The Balaban J connectivity index is 0.00000180. The highest BCUT2D eigenvalue weighted by Gasteiger charge is 2.24. The smallest absolute Gasteiger partial charge is 0.220 e. The van der Waals surface area contributed by atoms with Crippen LogP contribution in [-0.4, -0.2) is 36.8 Å². The quantitative estimate of drug-likeness (QED) is 0.768. The fourth-order valence-corrected chi connectivity index (χ4v) is 3.07. The van der Waals surface area contributed by atoms with Gasteiger partial charge in [0.15, 0.2) is 0 Å². The predicted octanol–water partition coefficient (Wildman–Crippen LogP) is 1.45. The molecule has 0 radical (unpaired) electrons. The first-order chi connectivity index (χ1) is 8.65. The van der Waals surface area contributed by atoms with E-state index in [1.54, 1.807) is 0 Å². The molecule has 0 saturated carbocycles. The van der Waals surface area contributed by atoms with E-state index >= 15 is 0 Å². The molecule has 3 N–H and O–H groups in total. The average Bonchev–Trinajstić information content (AvgIpc) is 2.93. The minimum Gasteiger partial charge on any atom is -0.391 e. The van der Waals surface area contributed by atoms with Crippen LogP contribution in [0, 0.1) is 5.92 Å². The van der Waals surface area contributed by atoms with Gasteiger partial charge in [0.2, 0.25) is 5.91 Å². The van der Waals surface area contributed by atoms with Gasteiger partial charge in [0.1, 0.15) is 0 Å². The third-order valence-electron chi connectivity index (χ3n) is 3.09. The second kappa shape index (κ2) is 8.07. The maximum absolute atomic E-state index is 11.6. The van der Waals surface area contributed by atoms with E-state index in [0.717, 1.165) is 15.8 Å². The van der Waals surface area contributed by atoms with E-state index in [2.05, 4.69) is 10.6 Å². The van der Waals surface area contributed by atoms with Gasteiger partial charge >= 0.3 is 0 Å². The second-order valence-electron chi connectivity index (χ2n) is 4.50. The van der Waals surface area contributed by atoms with Crippen LogP contribution in [0.25, 0.3) is 0 Å². The maximum atomic E-state index is 11.6. The molecule has 0 aliphatic carbocycles. The molecular weight excluding hydrogens is 307 g/mol. The highest BCUT2D eigenvalue weighted by Crippen LogP contribution is 2.22. The summed E-state index contributed by atoms with van der Waals surface area (Å²) in [6, 6.07) is 3.80. The lowest BCUT2D eigenvalue weighted by Crippen LogP contribution is -2.34. The molecule has 1 amide bonds. The highest BCUT2D eigenvalue weighted by atomic mass is 35.5. The molecule has 7 heteroatoms. The van der Waals surface area contributed by atoms with Crippen molar-refractivity contribution in [2.75, 3.05) is 19.6 Å². The largest absolute Gasteiger partial charge is 0.391 e. The van der Waals surface area contributed by atoms with Gasteiger partial charge in [-0.15, -0.1) is 23.7 Å². The number of amides is 1. The van der Waals surface area contributed by atoms with Crippen LogP contribution in [0.4, 0.5) is 0 Å². The van der Waals surface area contributed by atoms with E-state index in [1.165, 1.54) is 11.3 Å². The maximum Gasteiger partial charge on any atom is 0.220 e. The van der Waals surface area contributed by atoms with Crippen molar-refractivity contribution in [1.29, 1.82) is 0 Å². The van der Waals surface area contributed by atoms with Crippen LogP contribution in [0.15, 0.2) is 12.1 Å². The van der Waals surface area contributed by atoms with Crippen molar-refractivity contribution in [2.24, 2.45) is 5.92 Å². The first-order valence-corrected chi connectivity index (χ1v) is 7.24. The number of β-amino-alcohol motifs (C(OH)–C–C–N with tert-alkyl or cyclic N) is 1. The van der Waals surface area contributed by atoms with Gasteiger partial charge in [0.25, 0.3) is 0 Å². The van der Waals surface area contributed by atoms with Gasteiger partial charge in [-0.3, -0.25) is 4.79 Å². The average molecular weight is 325 g/mol. The van der Waals surface area contributed by atoms with Crippen molar-refractivity contribution in [3.05, 3.63) is 21.3 Å². The van der Waals surface area contributed by atoms with Crippen LogP contribution >= 0.6 is 35.3 Å². The summed E-state index contributed by atoms with van der Waals surface area (Å²) in [7, 11) is 0. The molecular formula is C12H18Cl2N2O2S. The fourth-order valence-electron chi connectivity index (χ4n) is 1.98. The Morgan fingerprint density at radius 1 is 1.53 bits per heavy atom. The molecule has 4 nitrogen and oxygen atoms in total. The number of rotatable bonds is 5. The first kappa shape index (κ1) is 16.7. The summed E-state index contributed by atoms with van der Waals surface area (Å²) in [6.45, 7) is 1.93. The molecule has 19 heavy (non-hydrogen) atoms. The zero-order valence-electron chi connectivity index (χ0n) is 10.4. The van der Waals surface area contributed by atoms with Crippen molar-refractivity contribution in [3.63, 3.8) is 0 Å². The van der Waals surface area contributed by atoms with Crippen LogP contribution in [-0.2, 0) is 11.2 Å². The number of nitrogens with one attached hydrogen (secondary N) is 2. The van der Waals surface area contributed by atoms with Gasteiger partial charge in [0, 0.05) is 36.9 Å². The number of halogens is 2. The molecule has 1 aromatic rings. The second-order valence-corrected chi connectivity index (χ2v) is 6.30. The number of thiophene rings is 1. The number of aliphatic hydroxyl groups is 1. The number of aryl methyl sites for hydroxylation is 1. The van der Waals surface area contributed by atoms with Crippen LogP contribution in [0.2, 0.25) is 4.34 Å². The highest BCUT2D eigenvalue weighted by molar-refractivity contribution is 7.16. The third-order valence-corrected chi connectivity index (χ3v) is 4.38. The van der Waals surface area contributed by atoms with Crippen molar-refractivity contribution in [1.82, 2.24) is 10.6 Å². The SMILES string of the molecule is Cl.O=C(CCc1ccc(Cl)s1)NCC1CNCC1O. The van der Waals surface area contributed by atoms with Gasteiger partial charge in [0.05, 0.1) is 10.4 Å². The Bertz CT molecular complexity index is 414. The summed E-state index contributed by atoms with van der Waals surface area (Å²) in [4.78, 5) is 12.8. The Morgan fingerprint density at radius 3 is 2.89 bits per heavy atom. The molecule has 108 valence electrons. The number of hydrogen-bond acceptors (Lipinski definition) is 4. The van der Waals surface area contributed by atoms with Crippen molar-refractivity contribution in [3.8, 4) is 0 Å². The molecule has 1 saturated heterocycles. The van der Waals surface area contributed by atoms with Gasteiger partial charge in [-0.25, -0.2) is 0 Å². The Kier molecular flexibility index (Phi) is 7.10. The zero-order valence-corrected chi connectivity index (χ0v) is 12.8. The number of carbonyl (C=O) groups is 1. The topological polar surface area (TPSA) is 61.4 Å². The van der Waals surface area contributed by atoms with Gasteiger partial charge < -0.3 is 15.7 Å². The minimum absolute atomic E-state index is 0. The van der Waals surface area contributed by atoms with Crippen molar-refractivity contribution >= 4 is 41.3 Å². The van der Waals surface area contributed by atoms with Gasteiger partial charge in [-0.05, 0) is 18.6 Å². The monoisotopic (exact) mass is 324 g/mol. The van der Waals surface area contributed by atoms with E-state index in [9.17, 15) is 9.90 Å². The van der Waals surface area contributed by atoms with Crippen LogP contribution < -0.4 is 10.6 Å². The molecule has 2 atom stereocenters. The van der Waals surface area contributed by atoms with E-state index in [-0.39, 0.29) is 30.3 Å². The van der Waals surface area contributed by atoms with Crippen LogP contribution in [0.3, 0.4) is 0 Å². The lowest BCUT2D eigenvalue weighted by atomic mass is 10.1. The predicted molar refractivity (Wildman–Crippen MR) is 80.3 cm³/mol. The van der Waals surface area contributed by atoms with Crippen LogP contribution in [0.5, 0.6) is 0 Å². The van der Waals surface area contributed by atoms with E-state index < -0.39 is 0 Å². The van der Waals surface area contributed by atoms with Gasteiger partial charge in [-0.1, -0.05) is 11.6 Å². The summed E-state index contributed by atoms with van der Waals surface area (Å²) in [5.41, 5.74) is 0. The summed E-state index contributed by atoms with van der Waals surface area (Å²) in [6.07, 6.45) is 0.836. The van der Waals surface area contributed by atoms with Crippen molar-refractivity contribution < 1.29 is 9.90 Å². The standard InChI is InChI=1S/C12H17ClN2O2S.ClH/c13-11-3-1-9(18-11)2-4-12(17)15-6-8-5-14-7-10(8)16;/h1,3,8,10,14,16H,2,4-7H2,(H,15,17);1H. The molecule has 0 bridgehead atoms. The Labute approximate surface area is 127 Å². The molecule has 0 spiro atoms. The number of carbonyl (C=O) groups excluding carboxylic acids is 1. The first-order valence-electron chi connectivity index (χ1n) is 6.05. The molecule has 2 unspecified atom stereocenters. The third kappa shape index (κ3) is 5.28. The molecule has 1 aromatic heterocycles. The summed E-state index contributed by atoms with van der Waals surface area (Å²) in [5.74, 6) is 0.156.